The molecule has 0 saturated heterocycles. The van der Waals surface area contributed by atoms with E-state index in [2.05, 4.69) is 20.4 Å². The molecule has 1 atom stereocenters. The molecule has 0 aromatic carbocycles. The number of hydrogen-bond donors (Lipinski definition) is 1. The van der Waals surface area contributed by atoms with Gasteiger partial charge < -0.3 is 5.32 Å². The summed E-state index contributed by atoms with van der Waals surface area (Å²) in [6.07, 6.45) is 5.21. The van der Waals surface area contributed by atoms with Crippen LogP contribution in [0.5, 0.6) is 0 Å². The number of amides is 1. The maximum absolute atomic E-state index is 13.0. The lowest BCUT2D eigenvalue weighted by Crippen LogP contribution is -2.31. The first-order valence-electron chi connectivity index (χ1n) is 9.14. The molecule has 1 unspecified atom stereocenters. The Morgan fingerprint density at radius 2 is 2.07 bits per heavy atom. The summed E-state index contributed by atoms with van der Waals surface area (Å²) in [4.78, 5) is 34.1. The van der Waals surface area contributed by atoms with Crippen LogP contribution in [0.15, 0.2) is 40.7 Å². The van der Waals surface area contributed by atoms with Crippen molar-refractivity contribution < 1.29 is 4.79 Å². The van der Waals surface area contributed by atoms with E-state index >= 15 is 0 Å². The SMILES string of the molecule is CC(C)(C)n1ncc2c(=O)n3c(nc21)SCC3CC(=O)NCc1ccncc1. The number of nitrogens with zero attached hydrogens (tertiary/aromatic N) is 5. The minimum Gasteiger partial charge on any atom is -0.352 e. The molecule has 0 bridgehead atoms. The lowest BCUT2D eigenvalue weighted by Gasteiger charge is -2.20. The Hall–Kier alpha value is -2.68. The van der Waals surface area contributed by atoms with Gasteiger partial charge in [-0.15, -0.1) is 0 Å². The zero-order valence-corrected chi connectivity index (χ0v) is 16.9. The van der Waals surface area contributed by atoms with Gasteiger partial charge in [0.05, 0.1) is 17.8 Å². The first-order chi connectivity index (χ1) is 13.3. The molecule has 1 amide bonds. The number of aromatic nitrogens is 5. The number of carbonyl (C=O) groups is 1. The Balaban J connectivity index is 1.56. The van der Waals surface area contributed by atoms with Crippen molar-refractivity contribution in [2.45, 2.75) is 50.5 Å². The fraction of sp³-hybridized carbons (Fsp3) is 0.421. The van der Waals surface area contributed by atoms with Gasteiger partial charge in [0, 0.05) is 31.1 Å². The minimum absolute atomic E-state index is 0.0901. The molecule has 146 valence electrons. The molecule has 1 aliphatic rings. The predicted molar refractivity (Wildman–Crippen MR) is 107 cm³/mol. The molecule has 0 fully saturated rings. The summed E-state index contributed by atoms with van der Waals surface area (Å²) in [5.74, 6) is 0.563. The van der Waals surface area contributed by atoms with Crippen LogP contribution < -0.4 is 10.9 Å². The van der Waals surface area contributed by atoms with Crippen LogP contribution in [-0.4, -0.2) is 36.0 Å². The molecule has 0 saturated carbocycles. The molecule has 0 radical (unpaired) electrons. The van der Waals surface area contributed by atoms with Gasteiger partial charge in [0.1, 0.15) is 5.39 Å². The second-order valence-electron chi connectivity index (χ2n) is 7.84. The molecule has 3 aromatic rings. The quantitative estimate of drug-likeness (QED) is 0.677. The van der Waals surface area contributed by atoms with E-state index in [1.54, 1.807) is 27.8 Å². The molecule has 9 heteroatoms. The Morgan fingerprint density at radius 1 is 1.32 bits per heavy atom. The Kier molecular flexibility index (Phi) is 4.70. The number of thioether (sulfide) groups is 1. The van der Waals surface area contributed by atoms with Crippen LogP contribution in [0.4, 0.5) is 0 Å². The summed E-state index contributed by atoms with van der Waals surface area (Å²) >= 11 is 1.51. The Labute approximate surface area is 166 Å². The van der Waals surface area contributed by atoms with E-state index in [-0.39, 0.29) is 29.5 Å². The van der Waals surface area contributed by atoms with Crippen molar-refractivity contribution in [3.05, 3.63) is 46.6 Å². The molecule has 8 nitrogen and oxygen atoms in total. The average molecular weight is 398 g/mol. The fourth-order valence-electron chi connectivity index (χ4n) is 3.26. The Morgan fingerprint density at radius 3 is 2.79 bits per heavy atom. The van der Waals surface area contributed by atoms with Crippen LogP contribution in [0.3, 0.4) is 0 Å². The van der Waals surface area contributed by atoms with Gasteiger partial charge in [-0.05, 0) is 38.5 Å². The molecule has 28 heavy (non-hydrogen) atoms. The fourth-order valence-corrected chi connectivity index (χ4v) is 4.39. The third-order valence-corrected chi connectivity index (χ3v) is 5.76. The smallest absolute Gasteiger partial charge is 0.265 e. The van der Waals surface area contributed by atoms with Crippen molar-refractivity contribution in [2.75, 3.05) is 5.75 Å². The van der Waals surface area contributed by atoms with Gasteiger partial charge >= 0.3 is 0 Å². The third kappa shape index (κ3) is 3.42. The molecule has 1 aliphatic heterocycles. The van der Waals surface area contributed by atoms with Crippen LogP contribution in [0.25, 0.3) is 11.0 Å². The van der Waals surface area contributed by atoms with Crippen LogP contribution >= 0.6 is 11.8 Å². The first kappa shape index (κ1) is 18.7. The van der Waals surface area contributed by atoms with E-state index in [0.29, 0.717) is 28.5 Å². The van der Waals surface area contributed by atoms with Crippen LogP contribution in [0, 0.1) is 0 Å². The number of nitrogens with one attached hydrogen (secondary N) is 1. The van der Waals surface area contributed by atoms with Crippen molar-refractivity contribution in [2.24, 2.45) is 0 Å². The maximum atomic E-state index is 13.0. The Bertz CT molecular complexity index is 1080. The number of hydrogen-bond acceptors (Lipinski definition) is 6. The van der Waals surface area contributed by atoms with Crippen LogP contribution in [0.1, 0.15) is 38.8 Å². The monoisotopic (exact) mass is 398 g/mol. The summed E-state index contributed by atoms with van der Waals surface area (Å²) < 4.78 is 3.42. The maximum Gasteiger partial charge on any atom is 0.265 e. The summed E-state index contributed by atoms with van der Waals surface area (Å²) in [6, 6.07) is 3.51. The largest absolute Gasteiger partial charge is 0.352 e. The van der Waals surface area contributed by atoms with Crippen molar-refractivity contribution in [3.63, 3.8) is 0 Å². The highest BCUT2D eigenvalue weighted by atomic mass is 32.2. The van der Waals surface area contributed by atoms with E-state index in [9.17, 15) is 9.59 Å². The summed E-state index contributed by atoms with van der Waals surface area (Å²) in [5, 5.41) is 8.41. The normalized spacial score (nSPS) is 16.3. The summed E-state index contributed by atoms with van der Waals surface area (Å²) in [7, 11) is 0. The second-order valence-corrected chi connectivity index (χ2v) is 8.82. The topological polar surface area (TPSA) is 94.7 Å². The number of carbonyl (C=O) groups excluding carboxylic acids is 1. The number of rotatable bonds is 4. The lowest BCUT2D eigenvalue weighted by atomic mass is 10.1. The molecule has 1 N–H and O–H groups in total. The van der Waals surface area contributed by atoms with E-state index in [1.165, 1.54) is 11.8 Å². The molecule has 0 spiro atoms. The molecule has 0 aliphatic carbocycles. The van der Waals surface area contributed by atoms with E-state index in [4.69, 9.17) is 0 Å². The number of pyridine rings is 1. The van der Waals surface area contributed by atoms with Gasteiger partial charge in [-0.3, -0.25) is 19.1 Å². The molecule has 4 rings (SSSR count). The second kappa shape index (κ2) is 7.05. The van der Waals surface area contributed by atoms with Gasteiger partial charge in [-0.2, -0.15) is 5.10 Å². The van der Waals surface area contributed by atoms with Gasteiger partial charge in [0.15, 0.2) is 10.8 Å². The van der Waals surface area contributed by atoms with E-state index < -0.39 is 0 Å². The van der Waals surface area contributed by atoms with Crippen molar-refractivity contribution in [1.29, 1.82) is 0 Å². The number of fused-ring (bicyclic) bond motifs is 2. The van der Waals surface area contributed by atoms with Crippen molar-refractivity contribution in [1.82, 2.24) is 29.6 Å². The van der Waals surface area contributed by atoms with Gasteiger partial charge in [0.25, 0.3) is 5.56 Å². The van der Waals surface area contributed by atoms with Crippen LogP contribution in [-0.2, 0) is 16.9 Å². The predicted octanol–water partition coefficient (Wildman–Crippen LogP) is 2.10. The van der Waals surface area contributed by atoms with Crippen molar-refractivity contribution in [3.8, 4) is 0 Å². The molecule has 4 heterocycles. The third-order valence-electron chi connectivity index (χ3n) is 4.67. The highest BCUT2D eigenvalue weighted by Gasteiger charge is 2.30. The standard InChI is InChI=1S/C19H22N6O2S/c1-19(2,3)25-16-14(10-22-25)17(27)24-13(11-28-18(24)23-16)8-15(26)21-9-12-4-6-20-7-5-12/h4-7,10,13H,8-9,11H2,1-3H3,(H,21,26). The van der Waals surface area contributed by atoms with Crippen molar-refractivity contribution >= 4 is 28.7 Å². The van der Waals surface area contributed by atoms with Gasteiger partial charge in [0.2, 0.25) is 5.91 Å². The average Bonchev–Trinajstić information content (AvgIpc) is 3.26. The summed E-state index contributed by atoms with van der Waals surface area (Å²) in [6.45, 7) is 6.51. The van der Waals surface area contributed by atoms with E-state index in [1.807, 2.05) is 32.9 Å². The lowest BCUT2D eigenvalue weighted by molar-refractivity contribution is -0.121. The summed E-state index contributed by atoms with van der Waals surface area (Å²) in [5.41, 5.74) is 1.18. The highest BCUT2D eigenvalue weighted by Crippen LogP contribution is 2.33. The van der Waals surface area contributed by atoms with Crippen LogP contribution in [0.2, 0.25) is 0 Å². The molecule has 3 aromatic heterocycles. The first-order valence-corrected chi connectivity index (χ1v) is 10.1. The minimum atomic E-state index is -0.268. The van der Waals surface area contributed by atoms with E-state index in [0.717, 1.165) is 5.56 Å². The highest BCUT2D eigenvalue weighted by molar-refractivity contribution is 7.99. The van der Waals surface area contributed by atoms with Gasteiger partial charge in [-0.1, -0.05) is 11.8 Å². The van der Waals surface area contributed by atoms with Gasteiger partial charge in [-0.25, -0.2) is 9.67 Å². The molecular weight excluding hydrogens is 376 g/mol. The molecular formula is C19H22N6O2S. The zero-order chi connectivity index (χ0) is 19.9. The zero-order valence-electron chi connectivity index (χ0n) is 16.0.